The highest BCUT2D eigenvalue weighted by molar-refractivity contribution is 7.89. The molecule has 1 aliphatic rings. The van der Waals surface area contributed by atoms with Crippen molar-refractivity contribution in [2.45, 2.75) is 30.7 Å². The molecule has 0 saturated carbocycles. The summed E-state index contributed by atoms with van der Waals surface area (Å²) in [6.07, 6.45) is 4.49. The van der Waals surface area contributed by atoms with Crippen LogP contribution in [0.4, 0.5) is 0 Å². The Hall–Kier alpha value is -2.12. The monoisotopic (exact) mass is 348 g/mol. The summed E-state index contributed by atoms with van der Waals surface area (Å²) in [6, 6.07) is 8.70. The van der Waals surface area contributed by atoms with Gasteiger partial charge in [-0.2, -0.15) is 4.31 Å². The highest BCUT2D eigenvalue weighted by Crippen LogP contribution is 2.25. The van der Waals surface area contributed by atoms with Gasteiger partial charge in [0.2, 0.25) is 15.9 Å². The fourth-order valence-corrected chi connectivity index (χ4v) is 4.01. The molecule has 3 rings (SSSR count). The van der Waals surface area contributed by atoms with Crippen molar-refractivity contribution in [3.05, 3.63) is 53.5 Å². The summed E-state index contributed by atoms with van der Waals surface area (Å²) in [5, 5.41) is 2.64. The Kier molecular flexibility index (Phi) is 4.73. The third-order valence-corrected chi connectivity index (χ3v) is 5.98. The SMILES string of the molecule is CN(CC(=O)NCc1ccco1)S(=O)(=O)c1ccc2c(c1)CCC2. The summed E-state index contributed by atoms with van der Waals surface area (Å²) < 4.78 is 31.4. The Morgan fingerprint density at radius 3 is 2.79 bits per heavy atom. The van der Waals surface area contributed by atoms with Gasteiger partial charge in [0.15, 0.2) is 0 Å². The van der Waals surface area contributed by atoms with Gasteiger partial charge < -0.3 is 9.73 Å². The molecule has 0 bridgehead atoms. The largest absolute Gasteiger partial charge is 0.467 e. The third-order valence-electron chi connectivity index (χ3n) is 4.18. The van der Waals surface area contributed by atoms with E-state index in [9.17, 15) is 13.2 Å². The molecule has 0 unspecified atom stereocenters. The Morgan fingerprint density at radius 1 is 1.25 bits per heavy atom. The van der Waals surface area contributed by atoms with Gasteiger partial charge >= 0.3 is 0 Å². The second-order valence-electron chi connectivity index (χ2n) is 5.90. The van der Waals surface area contributed by atoms with E-state index in [1.807, 2.05) is 6.07 Å². The summed E-state index contributed by atoms with van der Waals surface area (Å²) in [5.41, 5.74) is 2.31. The van der Waals surface area contributed by atoms with Gasteiger partial charge in [-0.15, -0.1) is 0 Å². The van der Waals surface area contributed by atoms with Crippen LogP contribution in [0.3, 0.4) is 0 Å². The van der Waals surface area contributed by atoms with E-state index in [0.29, 0.717) is 5.76 Å². The maximum Gasteiger partial charge on any atom is 0.243 e. The molecule has 24 heavy (non-hydrogen) atoms. The van der Waals surface area contributed by atoms with Gasteiger partial charge in [-0.1, -0.05) is 6.07 Å². The minimum absolute atomic E-state index is 0.235. The molecular weight excluding hydrogens is 328 g/mol. The number of fused-ring (bicyclic) bond motifs is 1. The Balaban J connectivity index is 1.64. The first-order chi connectivity index (χ1) is 11.5. The van der Waals surface area contributed by atoms with Crippen molar-refractivity contribution in [1.82, 2.24) is 9.62 Å². The van der Waals surface area contributed by atoms with Crippen LogP contribution in [0.15, 0.2) is 45.9 Å². The lowest BCUT2D eigenvalue weighted by molar-refractivity contribution is -0.121. The predicted molar refractivity (Wildman–Crippen MR) is 88.8 cm³/mol. The molecular formula is C17H20N2O4S. The van der Waals surface area contributed by atoms with E-state index in [0.717, 1.165) is 29.1 Å². The molecule has 1 aromatic carbocycles. The molecule has 0 spiro atoms. The van der Waals surface area contributed by atoms with Gasteiger partial charge in [-0.25, -0.2) is 8.42 Å². The molecule has 1 aromatic heterocycles. The van der Waals surface area contributed by atoms with Gasteiger partial charge in [0.05, 0.1) is 24.2 Å². The third kappa shape index (κ3) is 3.52. The second-order valence-corrected chi connectivity index (χ2v) is 7.95. The number of sulfonamides is 1. The molecule has 0 saturated heterocycles. The highest BCUT2D eigenvalue weighted by Gasteiger charge is 2.24. The first-order valence-corrected chi connectivity index (χ1v) is 9.28. The van der Waals surface area contributed by atoms with Crippen LogP contribution in [0.5, 0.6) is 0 Å². The van der Waals surface area contributed by atoms with Gasteiger partial charge in [-0.3, -0.25) is 4.79 Å². The summed E-state index contributed by atoms with van der Waals surface area (Å²) in [7, 11) is -2.27. The Morgan fingerprint density at radius 2 is 2.04 bits per heavy atom. The van der Waals surface area contributed by atoms with Crippen LogP contribution in [0.2, 0.25) is 0 Å². The normalized spacial score (nSPS) is 13.9. The molecule has 1 amide bonds. The van der Waals surface area contributed by atoms with E-state index in [1.165, 1.54) is 18.9 Å². The highest BCUT2D eigenvalue weighted by atomic mass is 32.2. The molecule has 0 atom stereocenters. The lowest BCUT2D eigenvalue weighted by Gasteiger charge is -2.17. The van der Waals surface area contributed by atoms with Crippen LogP contribution < -0.4 is 5.32 Å². The van der Waals surface area contributed by atoms with Crippen LogP contribution in [-0.2, 0) is 34.2 Å². The van der Waals surface area contributed by atoms with Crippen molar-refractivity contribution in [1.29, 1.82) is 0 Å². The van der Waals surface area contributed by atoms with Crippen LogP contribution >= 0.6 is 0 Å². The molecule has 2 aromatic rings. The van der Waals surface area contributed by atoms with E-state index in [1.54, 1.807) is 24.3 Å². The molecule has 6 nitrogen and oxygen atoms in total. The van der Waals surface area contributed by atoms with E-state index >= 15 is 0 Å². The van der Waals surface area contributed by atoms with Crippen LogP contribution in [0.1, 0.15) is 23.3 Å². The van der Waals surface area contributed by atoms with Gasteiger partial charge in [-0.05, 0) is 54.7 Å². The average molecular weight is 348 g/mol. The Bertz CT molecular complexity index is 828. The molecule has 0 radical (unpaired) electrons. The van der Waals surface area contributed by atoms with E-state index in [2.05, 4.69) is 5.32 Å². The quantitative estimate of drug-likeness (QED) is 0.862. The minimum atomic E-state index is -3.68. The number of hydrogen-bond acceptors (Lipinski definition) is 4. The first kappa shape index (κ1) is 16.7. The maximum absolute atomic E-state index is 12.6. The number of furan rings is 1. The Labute approximate surface area is 141 Å². The lowest BCUT2D eigenvalue weighted by Crippen LogP contribution is -2.38. The first-order valence-electron chi connectivity index (χ1n) is 7.84. The molecule has 1 N–H and O–H groups in total. The number of benzene rings is 1. The molecule has 7 heteroatoms. The molecule has 1 heterocycles. The lowest BCUT2D eigenvalue weighted by atomic mass is 10.1. The maximum atomic E-state index is 12.6. The molecule has 0 aliphatic heterocycles. The van der Waals surface area contributed by atoms with Crippen molar-refractivity contribution >= 4 is 15.9 Å². The summed E-state index contributed by atoms with van der Waals surface area (Å²) in [4.78, 5) is 12.2. The van der Waals surface area contributed by atoms with Crippen molar-refractivity contribution < 1.29 is 17.6 Å². The number of nitrogens with zero attached hydrogens (tertiary/aromatic N) is 1. The zero-order valence-electron chi connectivity index (χ0n) is 13.5. The zero-order valence-corrected chi connectivity index (χ0v) is 14.3. The van der Waals surface area contributed by atoms with Crippen molar-refractivity contribution in [3.8, 4) is 0 Å². The van der Waals surface area contributed by atoms with E-state index in [-0.39, 0.29) is 23.9 Å². The van der Waals surface area contributed by atoms with Gasteiger partial charge in [0.1, 0.15) is 5.76 Å². The number of aryl methyl sites for hydroxylation is 2. The van der Waals surface area contributed by atoms with Crippen LogP contribution in [-0.4, -0.2) is 32.2 Å². The number of carbonyl (C=O) groups is 1. The van der Waals surface area contributed by atoms with Crippen molar-refractivity contribution in [2.75, 3.05) is 13.6 Å². The number of amides is 1. The fourth-order valence-electron chi connectivity index (χ4n) is 2.83. The summed E-state index contributed by atoms with van der Waals surface area (Å²) in [5.74, 6) is 0.242. The molecule has 128 valence electrons. The van der Waals surface area contributed by atoms with Crippen molar-refractivity contribution in [2.24, 2.45) is 0 Å². The molecule has 1 aliphatic carbocycles. The topological polar surface area (TPSA) is 79.6 Å². The molecule has 0 fully saturated rings. The van der Waals surface area contributed by atoms with Gasteiger partial charge in [0, 0.05) is 7.05 Å². The summed E-state index contributed by atoms with van der Waals surface area (Å²) in [6.45, 7) is -0.00130. The zero-order chi connectivity index (χ0) is 17.2. The average Bonchev–Trinajstić information content (AvgIpc) is 3.23. The van der Waals surface area contributed by atoms with Crippen LogP contribution in [0.25, 0.3) is 0 Å². The summed E-state index contributed by atoms with van der Waals surface area (Å²) >= 11 is 0. The van der Waals surface area contributed by atoms with Gasteiger partial charge in [0.25, 0.3) is 0 Å². The second kappa shape index (κ2) is 6.78. The van der Waals surface area contributed by atoms with Crippen LogP contribution in [0, 0.1) is 0 Å². The number of rotatable bonds is 6. The van der Waals surface area contributed by atoms with E-state index < -0.39 is 10.0 Å². The smallest absolute Gasteiger partial charge is 0.243 e. The number of carbonyl (C=O) groups excluding carboxylic acids is 1. The van der Waals surface area contributed by atoms with Crippen molar-refractivity contribution in [3.63, 3.8) is 0 Å². The number of hydrogen-bond donors (Lipinski definition) is 1. The fraction of sp³-hybridized carbons (Fsp3) is 0.353. The minimum Gasteiger partial charge on any atom is -0.467 e. The number of nitrogens with one attached hydrogen (secondary N) is 1. The number of likely N-dealkylation sites (N-methyl/N-ethyl adjacent to an activating group) is 1. The predicted octanol–water partition coefficient (Wildman–Crippen LogP) is 1.71. The standard InChI is InChI=1S/C17H20N2O4S/c1-19(12-17(20)18-11-15-6-3-9-23-15)24(21,22)16-8-7-13-4-2-5-14(13)10-16/h3,6-10H,2,4-5,11-12H2,1H3,(H,18,20). The van der Waals surface area contributed by atoms with E-state index in [4.69, 9.17) is 4.42 Å².